The predicted octanol–water partition coefficient (Wildman–Crippen LogP) is 5.63. The second-order valence-electron chi connectivity index (χ2n) is 6.79. The second kappa shape index (κ2) is 6.34. The van der Waals surface area contributed by atoms with Crippen molar-refractivity contribution in [3.63, 3.8) is 0 Å². The normalized spacial score (nSPS) is 13.2. The van der Waals surface area contributed by atoms with Crippen molar-refractivity contribution >= 4 is 18.4 Å². The first-order valence-corrected chi connectivity index (χ1v) is 10.6. The van der Waals surface area contributed by atoms with E-state index < -0.39 is 7.22 Å². The molecule has 2 heteroatoms. The molecule has 0 aromatic carbocycles. The minimum absolute atomic E-state index is 0.323. The van der Waals surface area contributed by atoms with Crippen LogP contribution in [0.5, 0.6) is 0 Å². The average molecular weight is 271 g/mol. The molecule has 100 valence electrons. The van der Waals surface area contributed by atoms with Gasteiger partial charge in [-0.2, -0.15) is 11.2 Å². The monoisotopic (exact) mass is 270 g/mol. The fraction of sp³-hybridized carbons (Fsp3) is 0.867. The average Bonchev–Trinajstić information content (AvgIpc) is 2.14. The van der Waals surface area contributed by atoms with Crippen molar-refractivity contribution < 1.29 is 0 Å². The third kappa shape index (κ3) is 4.07. The van der Waals surface area contributed by atoms with E-state index in [1.54, 1.807) is 0 Å². The van der Waals surface area contributed by atoms with E-state index in [4.69, 9.17) is 0 Å². The summed E-state index contributed by atoms with van der Waals surface area (Å²) in [4.78, 5) is 0. The summed E-state index contributed by atoms with van der Waals surface area (Å²) in [6, 6.07) is 0. The first kappa shape index (κ1) is 17.1. The van der Waals surface area contributed by atoms with Crippen molar-refractivity contribution in [2.75, 3.05) is 6.26 Å². The maximum absolute atomic E-state index is 3.75. The van der Waals surface area contributed by atoms with Crippen molar-refractivity contribution in [2.24, 2.45) is 0 Å². The molecule has 0 bridgehead atoms. The second-order valence-corrected chi connectivity index (χ2v) is 14.9. The minimum Gasteiger partial charge on any atom is -0.173 e. The van der Waals surface area contributed by atoms with Crippen molar-refractivity contribution in [1.82, 2.24) is 0 Å². The molecule has 0 aromatic rings. The summed E-state index contributed by atoms with van der Waals surface area (Å²) >= 11 is 2.05. The Kier molecular flexibility index (Phi) is 6.39. The highest BCUT2D eigenvalue weighted by molar-refractivity contribution is 8.29. The molecule has 0 amide bonds. The lowest BCUT2D eigenvalue weighted by atomic mass is 10.2. The Morgan fingerprint density at radius 2 is 1.47 bits per heavy atom. The first-order chi connectivity index (χ1) is 7.62. The predicted molar refractivity (Wildman–Crippen MR) is 86.0 cm³/mol. The van der Waals surface area contributed by atoms with E-state index >= 15 is 0 Å². The fourth-order valence-electron chi connectivity index (χ4n) is 2.62. The van der Waals surface area contributed by atoms with Crippen LogP contribution in [0.3, 0.4) is 0 Å². The summed E-state index contributed by atoms with van der Waals surface area (Å²) in [6.07, 6.45) is 5.81. The van der Waals surface area contributed by atoms with Crippen LogP contribution in [-0.2, 0) is 0 Å². The van der Waals surface area contributed by atoms with Gasteiger partial charge in [0.2, 0.25) is 7.22 Å². The molecule has 17 heavy (non-hydrogen) atoms. The van der Waals surface area contributed by atoms with E-state index in [1.807, 2.05) is 0 Å². The lowest BCUT2D eigenvalue weighted by molar-refractivity contribution is 0.647. The van der Waals surface area contributed by atoms with Gasteiger partial charge in [-0.15, -0.1) is 11.5 Å². The van der Waals surface area contributed by atoms with E-state index in [9.17, 15) is 0 Å². The van der Waals surface area contributed by atoms with Crippen LogP contribution in [0.25, 0.3) is 0 Å². The van der Waals surface area contributed by atoms with E-state index in [-0.39, 0.29) is 0 Å². The summed E-state index contributed by atoms with van der Waals surface area (Å²) in [5.74, 6) is 3.48. The lowest BCUT2D eigenvalue weighted by Crippen LogP contribution is -2.48. The highest BCUT2D eigenvalue weighted by Crippen LogP contribution is 2.55. The van der Waals surface area contributed by atoms with E-state index in [0.717, 1.165) is 6.42 Å². The molecule has 0 unspecified atom stereocenters. The molecule has 0 aliphatic rings. The highest BCUT2D eigenvalue weighted by atomic mass is 32.4. The van der Waals surface area contributed by atoms with E-state index in [2.05, 4.69) is 77.4 Å². The molecule has 0 aliphatic carbocycles. The van der Waals surface area contributed by atoms with Gasteiger partial charge in [0.05, 0.1) is 0 Å². The van der Waals surface area contributed by atoms with Gasteiger partial charge in [0.15, 0.2) is 0 Å². The Balaban J connectivity index is 5.29. The van der Waals surface area contributed by atoms with Crippen LogP contribution in [0.1, 0.15) is 67.7 Å². The topological polar surface area (TPSA) is 0 Å². The number of hydrogen-bond acceptors (Lipinski definition) is 1. The molecule has 0 fully saturated rings. The zero-order chi connectivity index (χ0) is 13.7. The molecule has 0 spiro atoms. The van der Waals surface area contributed by atoms with Gasteiger partial charge in [0, 0.05) is 6.42 Å². The van der Waals surface area contributed by atoms with Crippen LogP contribution in [-0.4, -0.2) is 13.5 Å². The molecular weight excluding hydrogens is 240 g/mol. The lowest BCUT2D eigenvalue weighted by Gasteiger charge is -2.46. The summed E-state index contributed by atoms with van der Waals surface area (Å²) in [5, 5.41) is 0.647. The van der Waals surface area contributed by atoms with Crippen molar-refractivity contribution in [2.45, 2.75) is 77.8 Å². The Morgan fingerprint density at radius 3 is 1.76 bits per heavy atom. The molecule has 0 aromatic heterocycles. The molecule has 0 heterocycles. The van der Waals surface area contributed by atoms with Gasteiger partial charge in [-0.1, -0.05) is 54.9 Å². The van der Waals surface area contributed by atoms with Crippen LogP contribution in [0.4, 0.5) is 0 Å². The quantitative estimate of drug-likeness (QED) is 0.364. The Bertz CT molecular complexity index is 269. The molecule has 0 saturated carbocycles. The van der Waals surface area contributed by atoms with Crippen LogP contribution >= 0.6 is 11.2 Å². The minimum atomic E-state index is -1.67. The maximum atomic E-state index is 3.75. The van der Waals surface area contributed by atoms with Crippen LogP contribution < -0.4 is 0 Å². The van der Waals surface area contributed by atoms with Crippen LogP contribution in [0.15, 0.2) is 0 Å². The summed E-state index contributed by atoms with van der Waals surface area (Å²) in [7, 11) is -1.67. The van der Waals surface area contributed by atoms with Gasteiger partial charge in [0.1, 0.15) is 0 Å². The van der Waals surface area contributed by atoms with E-state index in [1.165, 1.54) is 12.8 Å². The van der Waals surface area contributed by atoms with Gasteiger partial charge in [-0.25, -0.2) is 0 Å². The summed E-state index contributed by atoms with van der Waals surface area (Å²) in [6.45, 7) is 16.5. The molecule has 0 radical (unpaired) electrons. The number of rotatable bonds is 3. The van der Waals surface area contributed by atoms with Gasteiger partial charge in [0.25, 0.3) is 0 Å². The van der Waals surface area contributed by atoms with Crippen molar-refractivity contribution in [3.8, 4) is 11.5 Å². The smallest absolute Gasteiger partial charge is 0.173 e. The molecule has 0 rings (SSSR count). The number of unbranched alkanes of at least 4 members (excludes halogenated alkanes) is 2. The largest absolute Gasteiger partial charge is 0.207 e. The molecule has 0 atom stereocenters. The van der Waals surface area contributed by atoms with Gasteiger partial charge in [-0.05, 0) is 22.8 Å². The zero-order valence-corrected chi connectivity index (χ0v) is 14.8. The molecule has 0 aliphatic heterocycles. The van der Waals surface area contributed by atoms with E-state index in [0.29, 0.717) is 10.1 Å². The molecule has 0 nitrogen and oxygen atoms in total. The van der Waals surface area contributed by atoms with Gasteiger partial charge in [-0.3, -0.25) is 0 Å². The molecule has 0 saturated heterocycles. The molecular formula is C15H30SSi. The van der Waals surface area contributed by atoms with Crippen molar-refractivity contribution in [3.05, 3.63) is 0 Å². The van der Waals surface area contributed by atoms with Crippen LogP contribution in [0.2, 0.25) is 10.1 Å². The van der Waals surface area contributed by atoms with Gasteiger partial charge >= 0.3 is 0 Å². The number of hydrogen-bond donors (Lipinski definition) is 0. The Hall–Kier alpha value is 0.127. The first-order valence-electron chi connectivity index (χ1n) is 6.67. The fourth-order valence-corrected chi connectivity index (χ4v) is 11.5. The third-order valence-electron chi connectivity index (χ3n) is 3.34. The third-order valence-corrected chi connectivity index (χ3v) is 14.5. The highest BCUT2D eigenvalue weighted by Gasteiger charge is 2.52. The summed E-state index contributed by atoms with van der Waals surface area (Å²) in [5.41, 5.74) is 3.75. The Labute approximate surface area is 114 Å². The Morgan fingerprint density at radius 1 is 1.00 bits per heavy atom. The SMILES string of the molecule is CCCCC#C[Si](SC)(C(C)(C)C)C(C)(C)C. The summed E-state index contributed by atoms with van der Waals surface area (Å²) < 4.78 is 0. The van der Waals surface area contributed by atoms with Gasteiger partial charge < -0.3 is 0 Å². The molecule has 0 N–H and O–H groups in total. The van der Waals surface area contributed by atoms with Crippen LogP contribution in [0, 0.1) is 11.5 Å². The maximum Gasteiger partial charge on any atom is 0.207 e. The zero-order valence-electron chi connectivity index (χ0n) is 13.0. The van der Waals surface area contributed by atoms with Crippen molar-refractivity contribution in [1.29, 1.82) is 0 Å². The standard InChI is InChI=1S/C15H30SSi/c1-9-10-11-12-13-17(16-8,14(2,3)4)15(5,6)7/h9-11H2,1-8H3.